The van der Waals surface area contributed by atoms with Gasteiger partial charge < -0.3 is 0 Å². The molecule has 0 aliphatic heterocycles. The van der Waals surface area contributed by atoms with Crippen molar-refractivity contribution in [3.8, 4) is 17.2 Å². The second-order valence-electron chi connectivity index (χ2n) is 7.13. The molecule has 2 heterocycles. The summed E-state index contributed by atoms with van der Waals surface area (Å²) in [7, 11) is 0. The van der Waals surface area contributed by atoms with E-state index in [-0.39, 0.29) is 15.9 Å². The summed E-state index contributed by atoms with van der Waals surface area (Å²) in [5, 5.41) is 6.95. The van der Waals surface area contributed by atoms with Crippen molar-refractivity contribution in [2.75, 3.05) is 0 Å². The number of rotatable bonds is 5. The molecule has 0 bridgehead atoms. The molecule has 0 amide bonds. The van der Waals surface area contributed by atoms with Crippen LogP contribution in [0.1, 0.15) is 5.82 Å². The van der Waals surface area contributed by atoms with E-state index in [1.54, 1.807) is 24.3 Å². The molecular weight excluding hydrogens is 479 g/mol. The second-order valence-corrected chi connectivity index (χ2v) is 7.13. The Labute approximate surface area is 184 Å². The van der Waals surface area contributed by atoms with E-state index in [9.17, 15) is 39.5 Å². The molecule has 178 valence electrons. The molecule has 2 aromatic heterocycles. The SMILES string of the molecule is FC(F)(F)C(F)(F)C(F)(F)C(F)(F)c1nnc(-c2ccc3ccccc3n2)n1-c1ccccc1. The number of benzene rings is 2. The van der Waals surface area contributed by atoms with Crippen molar-refractivity contribution in [3.05, 3.63) is 72.6 Å². The highest BCUT2D eigenvalue weighted by molar-refractivity contribution is 5.80. The van der Waals surface area contributed by atoms with Crippen molar-refractivity contribution in [1.82, 2.24) is 19.7 Å². The minimum absolute atomic E-state index is 0.164. The number of hydrogen-bond donors (Lipinski definition) is 0. The first-order valence-electron chi connectivity index (χ1n) is 9.36. The van der Waals surface area contributed by atoms with Crippen LogP contribution in [0.25, 0.3) is 28.1 Å². The van der Waals surface area contributed by atoms with Crippen LogP contribution in [0.2, 0.25) is 0 Å². The molecule has 0 saturated carbocycles. The third-order valence-corrected chi connectivity index (χ3v) is 4.93. The maximum absolute atomic E-state index is 14.8. The van der Waals surface area contributed by atoms with Crippen LogP contribution in [0.3, 0.4) is 0 Å². The van der Waals surface area contributed by atoms with Crippen molar-refractivity contribution in [1.29, 1.82) is 0 Å². The Balaban J connectivity index is 1.96. The first-order valence-corrected chi connectivity index (χ1v) is 9.36. The van der Waals surface area contributed by atoms with Gasteiger partial charge in [-0.25, -0.2) is 4.98 Å². The van der Waals surface area contributed by atoms with Crippen molar-refractivity contribution in [3.63, 3.8) is 0 Å². The van der Waals surface area contributed by atoms with Crippen molar-refractivity contribution in [2.24, 2.45) is 0 Å². The van der Waals surface area contributed by atoms with Gasteiger partial charge in [0.25, 0.3) is 0 Å². The number of aromatic nitrogens is 4. The Morgan fingerprint density at radius 3 is 1.88 bits per heavy atom. The molecule has 0 spiro atoms. The van der Waals surface area contributed by atoms with Crippen LogP contribution in [-0.4, -0.2) is 37.8 Å². The van der Waals surface area contributed by atoms with Crippen LogP contribution in [0, 0.1) is 0 Å². The lowest BCUT2D eigenvalue weighted by atomic mass is 10.0. The van der Waals surface area contributed by atoms with Crippen LogP contribution in [0.4, 0.5) is 39.5 Å². The summed E-state index contributed by atoms with van der Waals surface area (Å²) in [6, 6.07) is 15.6. The fourth-order valence-electron chi connectivity index (χ4n) is 3.18. The number of hydrogen-bond acceptors (Lipinski definition) is 3. The fourth-order valence-corrected chi connectivity index (χ4v) is 3.18. The Morgan fingerprint density at radius 1 is 0.618 bits per heavy atom. The molecule has 4 nitrogen and oxygen atoms in total. The molecule has 4 aromatic rings. The van der Waals surface area contributed by atoms with Crippen LogP contribution >= 0.6 is 0 Å². The minimum Gasteiger partial charge on any atom is -0.272 e. The topological polar surface area (TPSA) is 43.6 Å². The molecule has 0 aliphatic carbocycles. The fraction of sp³-hybridized carbons (Fsp3) is 0.190. The first-order chi connectivity index (χ1) is 15.8. The van der Waals surface area contributed by atoms with Gasteiger partial charge in [0.05, 0.1) is 5.52 Å². The molecule has 0 radical (unpaired) electrons. The normalized spacial score (nSPS) is 13.4. The molecule has 0 unspecified atom stereocenters. The summed E-state index contributed by atoms with van der Waals surface area (Å²) in [6.07, 6.45) is -6.96. The molecule has 4 rings (SSSR count). The number of nitrogens with zero attached hydrogens (tertiary/aromatic N) is 4. The van der Waals surface area contributed by atoms with E-state index in [1.807, 2.05) is 0 Å². The summed E-state index contributed by atoms with van der Waals surface area (Å²) >= 11 is 0. The zero-order valence-corrected chi connectivity index (χ0v) is 16.5. The van der Waals surface area contributed by atoms with Gasteiger partial charge in [-0.2, -0.15) is 39.5 Å². The summed E-state index contributed by atoms with van der Waals surface area (Å²) in [5.41, 5.74) is -0.105. The van der Waals surface area contributed by atoms with E-state index < -0.39 is 35.6 Å². The monoisotopic (exact) mass is 490 g/mol. The van der Waals surface area contributed by atoms with Gasteiger partial charge in [-0.1, -0.05) is 42.5 Å². The van der Waals surface area contributed by atoms with Gasteiger partial charge in [-0.3, -0.25) is 4.57 Å². The Bertz CT molecular complexity index is 1330. The van der Waals surface area contributed by atoms with Gasteiger partial charge in [-0.15, -0.1) is 10.2 Å². The average molecular weight is 490 g/mol. The highest BCUT2D eigenvalue weighted by Gasteiger charge is 2.83. The summed E-state index contributed by atoms with van der Waals surface area (Å²) in [6.45, 7) is 0. The van der Waals surface area contributed by atoms with E-state index in [2.05, 4.69) is 15.2 Å². The Morgan fingerprint density at radius 2 is 1.24 bits per heavy atom. The van der Waals surface area contributed by atoms with E-state index in [0.29, 0.717) is 10.9 Å². The molecule has 0 atom stereocenters. The lowest BCUT2D eigenvalue weighted by molar-refractivity contribution is -0.400. The Hall–Kier alpha value is -3.64. The summed E-state index contributed by atoms with van der Waals surface area (Å²) < 4.78 is 123. The number of pyridine rings is 1. The Kier molecular flexibility index (Phi) is 5.33. The van der Waals surface area contributed by atoms with Gasteiger partial charge in [-0.05, 0) is 24.3 Å². The van der Waals surface area contributed by atoms with E-state index in [4.69, 9.17) is 0 Å². The molecule has 0 aliphatic rings. The van der Waals surface area contributed by atoms with Crippen LogP contribution < -0.4 is 0 Å². The van der Waals surface area contributed by atoms with Crippen molar-refractivity contribution >= 4 is 10.9 Å². The number of para-hydroxylation sites is 2. The van der Waals surface area contributed by atoms with Gasteiger partial charge in [0.2, 0.25) is 5.82 Å². The van der Waals surface area contributed by atoms with E-state index >= 15 is 0 Å². The third-order valence-electron chi connectivity index (χ3n) is 4.93. The summed E-state index contributed by atoms with van der Waals surface area (Å²) in [4.78, 5) is 4.19. The molecule has 0 fully saturated rings. The summed E-state index contributed by atoms with van der Waals surface area (Å²) in [5.74, 6) is -22.7. The first kappa shape index (κ1) is 23.5. The lowest BCUT2D eigenvalue weighted by Gasteiger charge is -2.33. The zero-order valence-electron chi connectivity index (χ0n) is 16.5. The molecule has 0 N–H and O–H groups in total. The minimum atomic E-state index is -7.07. The van der Waals surface area contributed by atoms with Gasteiger partial charge >= 0.3 is 23.9 Å². The molecule has 0 saturated heterocycles. The van der Waals surface area contributed by atoms with E-state index in [0.717, 1.165) is 12.1 Å². The number of fused-ring (bicyclic) bond motifs is 1. The quantitative estimate of drug-likeness (QED) is 0.304. The van der Waals surface area contributed by atoms with Gasteiger partial charge in [0.15, 0.2) is 5.82 Å². The number of alkyl halides is 9. The maximum Gasteiger partial charge on any atom is 0.460 e. The highest BCUT2D eigenvalue weighted by atomic mass is 19.4. The standard InChI is InChI=1S/C21H11F9N4/c22-18(23,19(24,25)20(26,27)21(28,29)30)17-33-32-16(34(17)13-7-2-1-3-8-13)15-11-10-12-6-4-5-9-14(12)31-15/h1-11H. The second kappa shape index (κ2) is 7.71. The lowest BCUT2D eigenvalue weighted by Crippen LogP contribution is -2.60. The molecule has 34 heavy (non-hydrogen) atoms. The largest absolute Gasteiger partial charge is 0.460 e. The van der Waals surface area contributed by atoms with Crippen molar-refractivity contribution < 1.29 is 39.5 Å². The molecule has 2 aromatic carbocycles. The third kappa shape index (κ3) is 3.46. The maximum atomic E-state index is 14.8. The van der Waals surface area contributed by atoms with Gasteiger partial charge in [0, 0.05) is 11.1 Å². The van der Waals surface area contributed by atoms with Crippen LogP contribution in [0.15, 0.2) is 66.7 Å². The number of halogens is 9. The van der Waals surface area contributed by atoms with E-state index in [1.165, 1.54) is 30.3 Å². The zero-order chi connectivity index (χ0) is 24.9. The van der Waals surface area contributed by atoms with Crippen LogP contribution in [0.5, 0.6) is 0 Å². The average Bonchev–Trinajstić information content (AvgIpc) is 3.24. The van der Waals surface area contributed by atoms with Gasteiger partial charge in [0.1, 0.15) is 5.69 Å². The van der Waals surface area contributed by atoms with Crippen molar-refractivity contribution in [2.45, 2.75) is 23.9 Å². The predicted molar refractivity (Wildman–Crippen MR) is 102 cm³/mol. The predicted octanol–water partition coefficient (Wildman–Crippen LogP) is 6.41. The van der Waals surface area contributed by atoms with Crippen LogP contribution in [-0.2, 0) is 5.92 Å². The smallest absolute Gasteiger partial charge is 0.272 e. The highest BCUT2D eigenvalue weighted by Crippen LogP contribution is 2.56. The molecular formula is C21H11F9N4. The molecule has 13 heteroatoms.